The van der Waals surface area contributed by atoms with Gasteiger partial charge >= 0.3 is 6.03 Å². The van der Waals surface area contributed by atoms with Crippen LogP contribution in [0.5, 0.6) is 0 Å². The molecule has 1 N–H and O–H groups in total. The van der Waals surface area contributed by atoms with Crippen molar-refractivity contribution in [2.75, 3.05) is 16.8 Å². The summed E-state index contributed by atoms with van der Waals surface area (Å²) < 4.78 is 13.0. The van der Waals surface area contributed by atoms with Gasteiger partial charge in [-0.3, -0.25) is 9.59 Å². The number of nitrogens with zero attached hydrogens (tertiary/aromatic N) is 2. The average Bonchev–Trinajstić information content (AvgIpc) is 2.88. The number of rotatable bonds is 6. The van der Waals surface area contributed by atoms with Gasteiger partial charge in [0.1, 0.15) is 11.9 Å². The van der Waals surface area contributed by atoms with Crippen molar-refractivity contribution in [1.82, 2.24) is 4.90 Å². The lowest BCUT2D eigenvalue weighted by atomic mass is 10.1. The number of imide groups is 1. The molecule has 1 saturated heterocycles. The van der Waals surface area contributed by atoms with Crippen molar-refractivity contribution >= 4 is 29.2 Å². The molecule has 0 aromatic heterocycles. The van der Waals surface area contributed by atoms with E-state index in [1.165, 1.54) is 29.2 Å². The van der Waals surface area contributed by atoms with E-state index < -0.39 is 29.7 Å². The van der Waals surface area contributed by atoms with E-state index in [1.807, 2.05) is 32.9 Å². The molecule has 0 aliphatic carbocycles. The number of hydrogen-bond donors (Lipinski definition) is 1. The molecule has 1 aliphatic rings. The van der Waals surface area contributed by atoms with Crippen LogP contribution in [0.15, 0.2) is 48.5 Å². The highest BCUT2D eigenvalue weighted by atomic mass is 19.1. The minimum atomic E-state index is -0.883. The minimum Gasteiger partial charge on any atom is -0.326 e. The van der Waals surface area contributed by atoms with E-state index in [-0.39, 0.29) is 12.3 Å². The zero-order valence-electron chi connectivity index (χ0n) is 16.7. The van der Waals surface area contributed by atoms with Gasteiger partial charge in [0.05, 0.1) is 12.1 Å². The average molecular weight is 397 g/mol. The Morgan fingerprint density at radius 1 is 1.07 bits per heavy atom. The standard InChI is InChI=1S/C22H24FN3O3/c1-14(2)13-25-19(12-20(27)24-17-8-6-16(23)7-9-17)21(28)26(22(25)29)18-10-4-15(3)5-11-18/h4-11,14,19H,12-13H2,1-3H3,(H,24,27)/t19-/m0/s1. The number of nitrogens with one attached hydrogen (secondary N) is 1. The van der Waals surface area contributed by atoms with Gasteiger partial charge in [-0.1, -0.05) is 31.5 Å². The predicted octanol–water partition coefficient (Wildman–Crippen LogP) is 3.96. The lowest BCUT2D eigenvalue weighted by molar-refractivity contribution is -0.124. The number of hydrogen-bond acceptors (Lipinski definition) is 3. The number of amides is 4. The summed E-state index contributed by atoms with van der Waals surface area (Å²) in [7, 11) is 0. The van der Waals surface area contributed by atoms with Crippen LogP contribution in [0.1, 0.15) is 25.8 Å². The van der Waals surface area contributed by atoms with Gasteiger partial charge in [-0.15, -0.1) is 0 Å². The van der Waals surface area contributed by atoms with Crippen LogP contribution in [0, 0.1) is 18.7 Å². The molecule has 7 heteroatoms. The van der Waals surface area contributed by atoms with Crippen molar-refractivity contribution in [3.63, 3.8) is 0 Å². The lowest BCUT2D eigenvalue weighted by Crippen LogP contribution is -2.40. The molecule has 1 atom stereocenters. The van der Waals surface area contributed by atoms with Crippen LogP contribution in [0.3, 0.4) is 0 Å². The summed E-state index contributed by atoms with van der Waals surface area (Å²) >= 11 is 0. The highest BCUT2D eigenvalue weighted by molar-refractivity contribution is 6.22. The Kier molecular flexibility index (Phi) is 5.96. The fraction of sp³-hybridized carbons (Fsp3) is 0.318. The van der Waals surface area contributed by atoms with E-state index >= 15 is 0 Å². The first-order valence-electron chi connectivity index (χ1n) is 9.53. The van der Waals surface area contributed by atoms with E-state index in [0.717, 1.165) is 10.5 Å². The van der Waals surface area contributed by atoms with Crippen molar-refractivity contribution in [2.24, 2.45) is 5.92 Å². The molecule has 0 unspecified atom stereocenters. The van der Waals surface area contributed by atoms with Crippen LogP contribution in [0.2, 0.25) is 0 Å². The normalized spacial score (nSPS) is 16.7. The fourth-order valence-electron chi connectivity index (χ4n) is 3.29. The molecule has 4 amide bonds. The van der Waals surface area contributed by atoms with Gasteiger partial charge in [0.15, 0.2) is 0 Å². The number of anilines is 2. The van der Waals surface area contributed by atoms with E-state index in [0.29, 0.717) is 17.9 Å². The van der Waals surface area contributed by atoms with Crippen LogP contribution >= 0.6 is 0 Å². The van der Waals surface area contributed by atoms with Gasteiger partial charge in [0.25, 0.3) is 5.91 Å². The molecule has 3 rings (SSSR count). The fourth-order valence-corrected chi connectivity index (χ4v) is 3.29. The van der Waals surface area contributed by atoms with E-state index in [1.54, 1.807) is 12.1 Å². The maximum Gasteiger partial charge on any atom is 0.332 e. The summed E-state index contributed by atoms with van der Waals surface area (Å²) in [5.74, 6) is -1.11. The van der Waals surface area contributed by atoms with Gasteiger partial charge in [-0.2, -0.15) is 0 Å². The van der Waals surface area contributed by atoms with Gasteiger partial charge in [0, 0.05) is 12.2 Å². The summed E-state index contributed by atoms with van der Waals surface area (Å²) in [6.07, 6.45) is -0.170. The molecule has 152 valence electrons. The molecule has 0 radical (unpaired) electrons. The molecule has 2 aromatic carbocycles. The molecule has 2 aromatic rings. The van der Waals surface area contributed by atoms with Crippen molar-refractivity contribution in [1.29, 1.82) is 0 Å². The van der Waals surface area contributed by atoms with Crippen molar-refractivity contribution in [3.05, 3.63) is 59.9 Å². The van der Waals surface area contributed by atoms with E-state index in [4.69, 9.17) is 0 Å². The Bertz CT molecular complexity index is 910. The zero-order chi connectivity index (χ0) is 21.1. The summed E-state index contributed by atoms with van der Waals surface area (Å²) in [6.45, 7) is 6.18. The van der Waals surface area contributed by atoms with Crippen molar-refractivity contribution in [2.45, 2.75) is 33.2 Å². The molecule has 6 nitrogen and oxygen atoms in total. The number of halogens is 1. The summed E-state index contributed by atoms with van der Waals surface area (Å²) in [5, 5.41) is 2.65. The number of urea groups is 1. The number of benzene rings is 2. The molecule has 1 fully saturated rings. The zero-order valence-corrected chi connectivity index (χ0v) is 16.7. The van der Waals surface area contributed by atoms with Crippen LogP contribution in [-0.2, 0) is 9.59 Å². The summed E-state index contributed by atoms with van der Waals surface area (Å²) in [5.41, 5.74) is 1.93. The number of carbonyl (C=O) groups excluding carboxylic acids is 3. The lowest BCUT2D eigenvalue weighted by Gasteiger charge is -2.23. The van der Waals surface area contributed by atoms with Crippen molar-refractivity contribution < 1.29 is 18.8 Å². The van der Waals surface area contributed by atoms with Gasteiger partial charge in [0.2, 0.25) is 5.91 Å². The Hall–Kier alpha value is -3.22. The monoisotopic (exact) mass is 397 g/mol. The molecule has 1 heterocycles. The Labute approximate surface area is 169 Å². The number of aryl methyl sites for hydroxylation is 1. The Balaban J connectivity index is 1.81. The van der Waals surface area contributed by atoms with Gasteiger partial charge in [-0.05, 0) is 49.2 Å². The molecular formula is C22H24FN3O3. The first-order valence-corrected chi connectivity index (χ1v) is 9.53. The third kappa shape index (κ3) is 4.62. The second-order valence-electron chi connectivity index (χ2n) is 7.61. The first-order chi connectivity index (χ1) is 13.8. The summed E-state index contributed by atoms with van der Waals surface area (Å²) in [6, 6.07) is 11.2. The second-order valence-corrected chi connectivity index (χ2v) is 7.61. The maximum absolute atomic E-state index is 13.1. The highest BCUT2D eigenvalue weighted by Crippen LogP contribution is 2.28. The largest absolute Gasteiger partial charge is 0.332 e. The topological polar surface area (TPSA) is 69.7 Å². The van der Waals surface area contributed by atoms with E-state index in [9.17, 15) is 18.8 Å². The minimum absolute atomic E-state index is 0.132. The van der Waals surface area contributed by atoms with Crippen LogP contribution < -0.4 is 10.2 Å². The predicted molar refractivity (Wildman–Crippen MR) is 109 cm³/mol. The van der Waals surface area contributed by atoms with Crippen molar-refractivity contribution in [3.8, 4) is 0 Å². The summed E-state index contributed by atoms with van der Waals surface area (Å²) in [4.78, 5) is 41.1. The van der Waals surface area contributed by atoms with Gasteiger partial charge in [-0.25, -0.2) is 14.1 Å². The van der Waals surface area contributed by atoms with Crippen LogP contribution in [-0.4, -0.2) is 35.3 Å². The van der Waals surface area contributed by atoms with Crippen LogP contribution in [0.25, 0.3) is 0 Å². The smallest absolute Gasteiger partial charge is 0.326 e. The molecule has 0 spiro atoms. The second kappa shape index (κ2) is 8.43. The third-order valence-electron chi connectivity index (χ3n) is 4.68. The number of carbonyl (C=O) groups is 3. The molecule has 0 bridgehead atoms. The SMILES string of the molecule is Cc1ccc(N2C(=O)[C@H](CC(=O)Nc3ccc(F)cc3)N(CC(C)C)C2=O)cc1. The first kappa shape index (κ1) is 20.5. The Morgan fingerprint density at radius 3 is 2.28 bits per heavy atom. The Morgan fingerprint density at radius 2 is 1.69 bits per heavy atom. The van der Waals surface area contributed by atoms with Gasteiger partial charge < -0.3 is 10.2 Å². The highest BCUT2D eigenvalue weighted by Gasteiger charge is 2.46. The van der Waals surface area contributed by atoms with Crippen LogP contribution in [0.4, 0.5) is 20.6 Å². The molecule has 29 heavy (non-hydrogen) atoms. The molecule has 0 saturated carbocycles. The maximum atomic E-state index is 13.1. The third-order valence-corrected chi connectivity index (χ3v) is 4.68. The molecular weight excluding hydrogens is 373 g/mol. The molecule has 1 aliphatic heterocycles. The van der Waals surface area contributed by atoms with E-state index in [2.05, 4.69) is 5.32 Å². The quantitative estimate of drug-likeness (QED) is 0.750.